The van der Waals surface area contributed by atoms with Crippen LogP contribution in [0.1, 0.15) is 37.0 Å². The lowest BCUT2D eigenvalue weighted by Gasteiger charge is -2.15. The van der Waals surface area contributed by atoms with Crippen LogP contribution in [0.4, 0.5) is 0 Å². The molecule has 2 atom stereocenters. The minimum atomic E-state index is 0.552. The summed E-state index contributed by atoms with van der Waals surface area (Å²) in [6.45, 7) is 9.71. The number of alkyl halides is 1. The van der Waals surface area contributed by atoms with Crippen molar-refractivity contribution in [2.24, 2.45) is 0 Å². The fraction of sp³-hybridized carbons (Fsp3) is 0.571. The largest absolute Gasteiger partial charge is 0.310 e. The Morgan fingerprint density at radius 1 is 1.19 bits per heavy atom. The molecule has 90 valence electrons. The maximum absolute atomic E-state index is 3.58. The molecule has 0 aliphatic heterocycles. The molecular formula is C14H22BrN. The van der Waals surface area contributed by atoms with E-state index in [1.165, 1.54) is 16.7 Å². The molecule has 0 heterocycles. The van der Waals surface area contributed by atoms with E-state index >= 15 is 0 Å². The lowest BCUT2D eigenvalue weighted by molar-refractivity contribution is 0.515. The average Bonchev–Trinajstić information content (AvgIpc) is 2.19. The molecule has 2 heteroatoms. The van der Waals surface area contributed by atoms with Crippen LogP contribution in [-0.4, -0.2) is 10.9 Å². The molecule has 0 fully saturated rings. The summed E-state index contributed by atoms with van der Waals surface area (Å²) in [5.74, 6) is 0. The molecule has 1 N–H and O–H groups in total. The molecule has 0 aromatic heterocycles. The molecule has 1 aromatic carbocycles. The van der Waals surface area contributed by atoms with E-state index in [4.69, 9.17) is 0 Å². The van der Waals surface area contributed by atoms with Crippen molar-refractivity contribution in [1.29, 1.82) is 0 Å². The van der Waals surface area contributed by atoms with E-state index in [0.29, 0.717) is 10.9 Å². The smallest absolute Gasteiger partial charge is 0.0208 e. The lowest BCUT2D eigenvalue weighted by atomic mass is 10.1. The molecule has 0 radical (unpaired) electrons. The first kappa shape index (κ1) is 13.7. The Balaban J connectivity index is 2.45. The summed E-state index contributed by atoms with van der Waals surface area (Å²) in [5, 5.41) is 3.55. The highest BCUT2D eigenvalue weighted by Crippen LogP contribution is 2.11. The van der Waals surface area contributed by atoms with Crippen LogP contribution in [0.25, 0.3) is 0 Å². The minimum absolute atomic E-state index is 0.552. The highest BCUT2D eigenvalue weighted by atomic mass is 79.9. The molecule has 0 bridgehead atoms. The third kappa shape index (κ3) is 4.67. The van der Waals surface area contributed by atoms with Crippen molar-refractivity contribution in [2.75, 3.05) is 0 Å². The number of hydrogen-bond donors (Lipinski definition) is 1. The Kier molecular flexibility index (Phi) is 5.50. The van der Waals surface area contributed by atoms with Crippen LogP contribution in [-0.2, 0) is 6.54 Å². The molecule has 1 nitrogen and oxygen atoms in total. The van der Waals surface area contributed by atoms with Gasteiger partial charge in [-0.2, -0.15) is 0 Å². The third-order valence-electron chi connectivity index (χ3n) is 2.90. The van der Waals surface area contributed by atoms with Gasteiger partial charge in [0, 0.05) is 17.4 Å². The summed E-state index contributed by atoms with van der Waals surface area (Å²) in [6.07, 6.45) is 1.16. The Morgan fingerprint density at radius 2 is 1.88 bits per heavy atom. The molecule has 0 amide bonds. The first-order chi connectivity index (χ1) is 7.49. The molecule has 0 aliphatic carbocycles. The number of aryl methyl sites for hydroxylation is 2. The van der Waals surface area contributed by atoms with Crippen LogP contribution in [0.3, 0.4) is 0 Å². The van der Waals surface area contributed by atoms with Gasteiger partial charge >= 0.3 is 0 Å². The average molecular weight is 284 g/mol. The zero-order chi connectivity index (χ0) is 12.1. The number of hydrogen-bond acceptors (Lipinski definition) is 1. The normalized spacial score (nSPS) is 14.8. The van der Waals surface area contributed by atoms with Gasteiger partial charge in [-0.3, -0.25) is 0 Å². The number of benzene rings is 1. The van der Waals surface area contributed by atoms with Crippen molar-refractivity contribution in [1.82, 2.24) is 5.32 Å². The molecule has 0 saturated heterocycles. The minimum Gasteiger partial charge on any atom is -0.310 e. The second-order valence-corrected chi connectivity index (χ2v) is 6.28. The zero-order valence-electron chi connectivity index (χ0n) is 10.7. The maximum atomic E-state index is 3.58. The van der Waals surface area contributed by atoms with Crippen molar-refractivity contribution in [3.63, 3.8) is 0 Å². The summed E-state index contributed by atoms with van der Waals surface area (Å²) in [5.41, 5.74) is 4.11. The fourth-order valence-corrected chi connectivity index (χ4v) is 2.34. The van der Waals surface area contributed by atoms with Crippen LogP contribution < -0.4 is 5.32 Å². The Bertz CT molecular complexity index is 334. The van der Waals surface area contributed by atoms with E-state index in [1.807, 2.05) is 0 Å². The van der Waals surface area contributed by atoms with E-state index in [2.05, 4.69) is 67.1 Å². The molecule has 2 unspecified atom stereocenters. The van der Waals surface area contributed by atoms with Crippen LogP contribution >= 0.6 is 15.9 Å². The van der Waals surface area contributed by atoms with E-state index in [1.54, 1.807) is 0 Å². The van der Waals surface area contributed by atoms with Gasteiger partial charge in [0.2, 0.25) is 0 Å². The van der Waals surface area contributed by atoms with Crippen molar-refractivity contribution in [3.8, 4) is 0 Å². The molecule has 1 rings (SSSR count). The fourth-order valence-electron chi connectivity index (χ4n) is 1.78. The summed E-state index contributed by atoms with van der Waals surface area (Å²) < 4.78 is 0. The monoisotopic (exact) mass is 283 g/mol. The van der Waals surface area contributed by atoms with Gasteiger partial charge in [0.05, 0.1) is 0 Å². The van der Waals surface area contributed by atoms with E-state index in [-0.39, 0.29) is 0 Å². The van der Waals surface area contributed by atoms with Crippen molar-refractivity contribution >= 4 is 15.9 Å². The van der Waals surface area contributed by atoms with E-state index in [0.717, 1.165) is 13.0 Å². The van der Waals surface area contributed by atoms with Crippen molar-refractivity contribution < 1.29 is 0 Å². The summed E-state index contributed by atoms with van der Waals surface area (Å²) in [6, 6.07) is 7.23. The molecule has 16 heavy (non-hydrogen) atoms. The van der Waals surface area contributed by atoms with Gasteiger partial charge in [0.15, 0.2) is 0 Å². The van der Waals surface area contributed by atoms with E-state index in [9.17, 15) is 0 Å². The highest BCUT2D eigenvalue weighted by Gasteiger charge is 2.05. The van der Waals surface area contributed by atoms with Gasteiger partial charge in [-0.1, -0.05) is 41.1 Å². The quantitative estimate of drug-likeness (QED) is 0.807. The number of rotatable bonds is 5. The maximum Gasteiger partial charge on any atom is 0.0208 e. The molecule has 0 spiro atoms. The zero-order valence-corrected chi connectivity index (χ0v) is 12.3. The van der Waals surface area contributed by atoms with Gasteiger partial charge in [0.25, 0.3) is 0 Å². The van der Waals surface area contributed by atoms with Gasteiger partial charge in [-0.25, -0.2) is 0 Å². The molecule has 0 saturated carbocycles. The predicted octanol–water partition coefficient (Wildman–Crippen LogP) is 3.96. The standard InChI is InChI=1S/C14H22BrN/c1-10-5-6-14(7-11(10)2)9-16-13(4)8-12(3)15/h5-7,12-13,16H,8-9H2,1-4H3. The summed E-state index contributed by atoms with van der Waals surface area (Å²) in [7, 11) is 0. The number of nitrogens with one attached hydrogen (secondary N) is 1. The lowest BCUT2D eigenvalue weighted by Crippen LogP contribution is -2.27. The van der Waals surface area contributed by atoms with Gasteiger partial charge in [-0.05, 0) is 43.9 Å². The molecule has 0 aliphatic rings. The van der Waals surface area contributed by atoms with Gasteiger partial charge in [0.1, 0.15) is 0 Å². The SMILES string of the molecule is Cc1ccc(CNC(C)CC(C)Br)cc1C. The molecule has 1 aromatic rings. The Morgan fingerprint density at radius 3 is 2.44 bits per heavy atom. The van der Waals surface area contributed by atoms with Crippen LogP contribution in [0.15, 0.2) is 18.2 Å². The Hall–Kier alpha value is -0.340. The first-order valence-corrected chi connectivity index (χ1v) is 6.84. The topological polar surface area (TPSA) is 12.0 Å². The Labute approximate surface area is 108 Å². The van der Waals surface area contributed by atoms with Crippen LogP contribution in [0, 0.1) is 13.8 Å². The van der Waals surface area contributed by atoms with Crippen LogP contribution in [0.2, 0.25) is 0 Å². The predicted molar refractivity (Wildman–Crippen MR) is 75.2 cm³/mol. The molecular weight excluding hydrogens is 262 g/mol. The van der Waals surface area contributed by atoms with E-state index < -0.39 is 0 Å². The van der Waals surface area contributed by atoms with Crippen molar-refractivity contribution in [2.45, 2.75) is 51.5 Å². The number of halogens is 1. The van der Waals surface area contributed by atoms with Gasteiger partial charge in [-0.15, -0.1) is 0 Å². The second kappa shape index (κ2) is 6.41. The third-order valence-corrected chi connectivity index (χ3v) is 3.28. The van der Waals surface area contributed by atoms with Crippen LogP contribution in [0.5, 0.6) is 0 Å². The summed E-state index contributed by atoms with van der Waals surface area (Å²) in [4.78, 5) is 0.578. The van der Waals surface area contributed by atoms with Crippen molar-refractivity contribution in [3.05, 3.63) is 34.9 Å². The summed E-state index contributed by atoms with van der Waals surface area (Å²) >= 11 is 3.58. The first-order valence-electron chi connectivity index (χ1n) is 5.92. The second-order valence-electron chi connectivity index (χ2n) is 4.72. The highest BCUT2D eigenvalue weighted by molar-refractivity contribution is 9.09. The van der Waals surface area contributed by atoms with Gasteiger partial charge < -0.3 is 5.32 Å².